The van der Waals surface area contributed by atoms with Crippen LogP contribution in [0.5, 0.6) is 11.5 Å². The van der Waals surface area contributed by atoms with E-state index in [1.54, 1.807) is 10.8 Å². The zero-order valence-corrected chi connectivity index (χ0v) is 22.4. The largest absolute Gasteiger partial charge is 0.485 e. The second-order valence-electron chi connectivity index (χ2n) is 9.34. The van der Waals surface area contributed by atoms with Gasteiger partial charge in [0.25, 0.3) is 0 Å². The van der Waals surface area contributed by atoms with Gasteiger partial charge in [-0.2, -0.15) is 74.6 Å². The van der Waals surface area contributed by atoms with Crippen LogP contribution < -0.4 is 9.47 Å². The van der Waals surface area contributed by atoms with Crippen molar-refractivity contribution in [2.24, 2.45) is 0 Å². The maximum atomic E-state index is 13.8. The Bertz CT molecular complexity index is 1070. The fourth-order valence-electron chi connectivity index (χ4n) is 3.41. The Hall–Kier alpha value is -1.97. The summed E-state index contributed by atoms with van der Waals surface area (Å²) in [6, 6.07) is 0. The smallest absolute Gasteiger partial charge is 0.460 e. The van der Waals surface area contributed by atoms with E-state index in [1.807, 2.05) is 0 Å². The van der Waals surface area contributed by atoms with Crippen LogP contribution in [0.25, 0.3) is 0 Å². The van der Waals surface area contributed by atoms with E-state index < -0.39 is 67.0 Å². The second-order valence-corrected chi connectivity index (χ2v) is 10.1. The molecule has 0 saturated carbocycles. The number of unbranched alkanes of at least 4 members (excludes halogenated alkanes) is 3. The van der Waals surface area contributed by atoms with Gasteiger partial charge in [-0.1, -0.05) is 12.8 Å². The van der Waals surface area contributed by atoms with Crippen molar-refractivity contribution < 1.29 is 93.6 Å². The molecule has 0 aromatic carbocycles. The van der Waals surface area contributed by atoms with E-state index in [0.29, 0.717) is 24.3 Å². The third-order valence-electron chi connectivity index (χ3n) is 6.01. The van der Waals surface area contributed by atoms with Gasteiger partial charge in [0.1, 0.15) is 13.2 Å². The zero-order chi connectivity index (χ0) is 34.0. The molecule has 22 heteroatoms. The third kappa shape index (κ3) is 6.90. The molecule has 1 aliphatic heterocycles. The molecule has 44 heavy (non-hydrogen) atoms. The van der Waals surface area contributed by atoms with Gasteiger partial charge in [-0.3, -0.25) is 0 Å². The minimum absolute atomic E-state index is 0.121. The van der Waals surface area contributed by atoms with Crippen LogP contribution in [-0.4, -0.2) is 86.8 Å². The summed E-state index contributed by atoms with van der Waals surface area (Å²) in [7, 11) is 0. The van der Waals surface area contributed by atoms with Crippen molar-refractivity contribution in [1.29, 1.82) is 0 Å². The summed E-state index contributed by atoms with van der Waals surface area (Å²) in [5, 5.41) is 3.45. The van der Waals surface area contributed by atoms with Crippen molar-refractivity contribution in [2.45, 2.75) is 79.4 Å². The van der Waals surface area contributed by atoms with Crippen LogP contribution in [0, 0.1) is 0 Å². The summed E-state index contributed by atoms with van der Waals surface area (Å²) >= 11 is 1.36. The average molecular weight is 704 g/mol. The highest BCUT2D eigenvalue weighted by Gasteiger charge is 2.95. The lowest BCUT2D eigenvalue weighted by Crippen LogP contribution is -2.74. The number of alkyl halides is 17. The molecular weight excluding hydrogens is 683 g/mol. The third-order valence-corrected chi connectivity index (χ3v) is 6.71. The Morgan fingerprint density at radius 1 is 0.591 bits per heavy atom. The van der Waals surface area contributed by atoms with E-state index in [-0.39, 0.29) is 32.7 Å². The average Bonchev–Trinajstić information content (AvgIpc) is 3.36. The Kier molecular flexibility index (Phi) is 11.3. The molecule has 2 rings (SSSR count). The molecule has 1 aliphatic rings. The van der Waals surface area contributed by atoms with Gasteiger partial charge in [-0.15, -0.1) is 11.3 Å². The Balaban J connectivity index is 1.85. The quantitative estimate of drug-likeness (QED) is 0.121. The predicted octanol–water partition coefficient (Wildman–Crippen LogP) is 8.49. The molecule has 0 radical (unpaired) electrons. The normalized spacial score (nSPS) is 17.7. The standard InChI is InChI=1S/C22H21F17O4S/c23-15(24,11-41-6-4-2-1-3-5-40-7-12-8-42-13-9-44-10-14(13)43-12)16(25,26)17(27,28)18(29,30)19(31,32)20(33,34)21(35,36)22(37,38)39/h9-10,12H,1-8,11H2. The minimum Gasteiger partial charge on any atom is -0.485 e. The molecule has 0 saturated heterocycles. The SMILES string of the molecule is FC(F)(F)C(F)(F)C(F)(F)C(F)(F)C(F)(F)C(F)(F)C(F)(F)C(F)(F)COCCCCCCOCC1COc2cscc2O1. The highest BCUT2D eigenvalue weighted by molar-refractivity contribution is 7.08. The molecule has 0 fully saturated rings. The highest BCUT2D eigenvalue weighted by Crippen LogP contribution is 2.63. The van der Waals surface area contributed by atoms with Crippen LogP contribution in [0.15, 0.2) is 10.8 Å². The van der Waals surface area contributed by atoms with Gasteiger partial charge < -0.3 is 18.9 Å². The highest BCUT2D eigenvalue weighted by atomic mass is 32.1. The number of ether oxygens (including phenoxy) is 4. The molecule has 0 N–H and O–H groups in total. The summed E-state index contributed by atoms with van der Waals surface area (Å²) in [5.41, 5.74) is 0. The molecule has 1 aromatic heterocycles. The van der Waals surface area contributed by atoms with E-state index in [9.17, 15) is 74.6 Å². The zero-order valence-electron chi connectivity index (χ0n) is 21.6. The Morgan fingerprint density at radius 3 is 1.57 bits per heavy atom. The number of fused-ring (bicyclic) bond motifs is 1. The lowest BCUT2D eigenvalue weighted by atomic mass is 9.89. The molecule has 0 spiro atoms. The number of hydrogen-bond acceptors (Lipinski definition) is 5. The van der Waals surface area contributed by atoms with E-state index in [2.05, 4.69) is 4.74 Å². The van der Waals surface area contributed by atoms with Crippen molar-refractivity contribution in [3.05, 3.63) is 10.8 Å². The fourth-order valence-corrected chi connectivity index (χ4v) is 4.08. The van der Waals surface area contributed by atoms with Crippen molar-refractivity contribution >= 4 is 11.3 Å². The first kappa shape index (κ1) is 38.2. The van der Waals surface area contributed by atoms with Crippen molar-refractivity contribution in [1.82, 2.24) is 0 Å². The Morgan fingerprint density at radius 2 is 1.05 bits per heavy atom. The van der Waals surface area contributed by atoms with Crippen molar-refractivity contribution in [3.8, 4) is 11.5 Å². The van der Waals surface area contributed by atoms with E-state index in [0.717, 1.165) is 0 Å². The molecule has 258 valence electrons. The second kappa shape index (κ2) is 13.0. The van der Waals surface area contributed by atoms with E-state index in [4.69, 9.17) is 14.2 Å². The van der Waals surface area contributed by atoms with Gasteiger partial charge in [-0.25, -0.2) is 0 Å². The van der Waals surface area contributed by atoms with Crippen LogP contribution in [0.4, 0.5) is 74.6 Å². The van der Waals surface area contributed by atoms with Crippen LogP contribution in [-0.2, 0) is 9.47 Å². The molecule has 1 atom stereocenters. The van der Waals surface area contributed by atoms with E-state index in [1.165, 1.54) is 11.3 Å². The lowest BCUT2D eigenvalue weighted by molar-refractivity contribution is -0.462. The van der Waals surface area contributed by atoms with Crippen LogP contribution >= 0.6 is 11.3 Å². The molecule has 0 amide bonds. The maximum absolute atomic E-state index is 13.8. The first-order valence-corrected chi connectivity index (χ1v) is 13.0. The summed E-state index contributed by atoms with van der Waals surface area (Å²) in [4.78, 5) is 0. The summed E-state index contributed by atoms with van der Waals surface area (Å²) in [6.07, 6.45) is -7.63. The first-order chi connectivity index (χ1) is 19.8. The minimum atomic E-state index is -8.64. The molecule has 4 nitrogen and oxygen atoms in total. The fraction of sp³-hybridized carbons (Fsp3) is 0.818. The number of hydrogen-bond donors (Lipinski definition) is 0. The van der Waals surface area contributed by atoms with Gasteiger partial charge in [0, 0.05) is 24.0 Å². The van der Waals surface area contributed by atoms with Gasteiger partial charge in [-0.05, 0) is 12.8 Å². The molecule has 0 bridgehead atoms. The van der Waals surface area contributed by atoms with Crippen LogP contribution in [0.3, 0.4) is 0 Å². The van der Waals surface area contributed by atoms with Crippen molar-refractivity contribution in [2.75, 3.05) is 33.0 Å². The first-order valence-electron chi connectivity index (χ1n) is 12.0. The number of halogens is 17. The van der Waals surface area contributed by atoms with Gasteiger partial charge in [0.05, 0.1) is 6.61 Å². The van der Waals surface area contributed by atoms with Crippen molar-refractivity contribution in [3.63, 3.8) is 0 Å². The predicted molar refractivity (Wildman–Crippen MR) is 115 cm³/mol. The topological polar surface area (TPSA) is 36.9 Å². The lowest BCUT2D eigenvalue weighted by Gasteiger charge is -2.42. The monoisotopic (exact) mass is 704 g/mol. The Labute approximate surface area is 240 Å². The van der Waals surface area contributed by atoms with Gasteiger partial charge in [0.15, 0.2) is 17.6 Å². The molecule has 1 unspecified atom stereocenters. The number of thiophene rings is 1. The molecule has 1 aromatic rings. The van der Waals surface area contributed by atoms with Gasteiger partial charge >= 0.3 is 47.6 Å². The summed E-state index contributed by atoms with van der Waals surface area (Å²) in [5.74, 6) is -55.4. The number of rotatable bonds is 17. The van der Waals surface area contributed by atoms with Gasteiger partial charge in [0.2, 0.25) is 0 Å². The summed E-state index contributed by atoms with van der Waals surface area (Å²) < 4.78 is 245. The summed E-state index contributed by atoms with van der Waals surface area (Å²) in [6.45, 7) is -3.28. The van der Waals surface area contributed by atoms with E-state index >= 15 is 0 Å². The maximum Gasteiger partial charge on any atom is 0.460 e. The molecule has 2 heterocycles. The van der Waals surface area contributed by atoms with Crippen LogP contribution in [0.1, 0.15) is 25.7 Å². The molecular formula is C22H21F17O4S. The van der Waals surface area contributed by atoms with Crippen LogP contribution in [0.2, 0.25) is 0 Å². The molecule has 0 aliphatic carbocycles.